The highest BCUT2D eigenvalue weighted by molar-refractivity contribution is 7.82. The summed E-state index contributed by atoms with van der Waals surface area (Å²) in [5.41, 5.74) is 0.545. The van der Waals surface area contributed by atoms with Gasteiger partial charge in [0.25, 0.3) is 5.91 Å². The minimum absolute atomic E-state index is 0.300. The molecule has 0 aromatic heterocycles. The number of thiocarbonyl (C=S) groups is 1. The fraction of sp³-hybridized carbons (Fsp3) is 0.467. The van der Waals surface area contributed by atoms with E-state index in [2.05, 4.69) is 17.3 Å². The number of amides is 1. The maximum absolute atomic E-state index is 12.4. The van der Waals surface area contributed by atoms with Crippen molar-refractivity contribution in [3.63, 3.8) is 0 Å². The Morgan fingerprint density at radius 1 is 1.18 bits per heavy atom. The number of nitrogens with one attached hydrogen (secondary N) is 1. The van der Waals surface area contributed by atoms with Crippen LogP contribution >= 0.6 is 12.2 Å². The highest BCUT2D eigenvalue weighted by atomic mass is 32.1. The molecule has 1 aliphatic heterocycles. The van der Waals surface area contributed by atoms with Crippen molar-refractivity contribution in [3.05, 3.63) is 18.2 Å². The van der Waals surface area contributed by atoms with Crippen molar-refractivity contribution in [3.8, 4) is 11.5 Å². The zero-order valence-corrected chi connectivity index (χ0v) is 13.9. The third-order valence-electron chi connectivity index (χ3n) is 3.64. The molecule has 7 heteroatoms. The van der Waals surface area contributed by atoms with Crippen LogP contribution < -0.4 is 14.8 Å². The monoisotopic (exact) mass is 323 g/mol. The molecule has 0 radical (unpaired) electrons. The summed E-state index contributed by atoms with van der Waals surface area (Å²) in [5, 5.41) is 2.80. The number of carbonyl (C=O) groups is 1. The topological polar surface area (TPSA) is 54.0 Å². The first-order valence-electron chi connectivity index (χ1n) is 7.06. The fourth-order valence-corrected chi connectivity index (χ4v) is 2.47. The Balaban J connectivity index is 2.06. The summed E-state index contributed by atoms with van der Waals surface area (Å²) in [4.78, 5) is 16.8. The zero-order valence-electron chi connectivity index (χ0n) is 13.1. The SMILES string of the molecule is COc1ccc(OC)c(NC(=O)C(=S)N2CCN(C)CC2)c1. The van der Waals surface area contributed by atoms with E-state index in [-0.39, 0.29) is 5.91 Å². The van der Waals surface area contributed by atoms with Crippen LogP contribution in [0.1, 0.15) is 0 Å². The van der Waals surface area contributed by atoms with Crippen molar-refractivity contribution in [2.45, 2.75) is 0 Å². The van der Waals surface area contributed by atoms with E-state index < -0.39 is 0 Å². The molecule has 1 fully saturated rings. The number of hydrogen-bond acceptors (Lipinski definition) is 5. The molecule has 0 saturated carbocycles. The van der Waals surface area contributed by atoms with Crippen LogP contribution in [0.25, 0.3) is 0 Å². The van der Waals surface area contributed by atoms with E-state index in [1.54, 1.807) is 32.4 Å². The van der Waals surface area contributed by atoms with E-state index in [9.17, 15) is 4.79 Å². The normalized spacial score (nSPS) is 15.3. The van der Waals surface area contributed by atoms with Crippen molar-refractivity contribution < 1.29 is 14.3 Å². The molecule has 1 aromatic rings. The Morgan fingerprint density at radius 2 is 1.86 bits per heavy atom. The number of methoxy groups -OCH3 is 2. The molecule has 1 saturated heterocycles. The molecule has 1 aliphatic rings. The maximum atomic E-state index is 12.4. The van der Waals surface area contributed by atoms with Crippen molar-refractivity contribution in [1.82, 2.24) is 9.80 Å². The summed E-state index contributed by atoms with van der Waals surface area (Å²) in [7, 11) is 5.18. The molecule has 1 aromatic carbocycles. The minimum atomic E-state index is -0.300. The van der Waals surface area contributed by atoms with E-state index >= 15 is 0 Å². The second-order valence-electron chi connectivity index (χ2n) is 5.12. The van der Waals surface area contributed by atoms with Crippen molar-refractivity contribution in [1.29, 1.82) is 0 Å². The average molecular weight is 323 g/mol. The maximum Gasteiger partial charge on any atom is 0.283 e. The first kappa shape index (κ1) is 16.5. The Bertz CT molecular complexity index is 557. The predicted octanol–water partition coefficient (Wildman–Crippen LogP) is 1.22. The molecule has 120 valence electrons. The fourth-order valence-electron chi connectivity index (χ4n) is 2.24. The summed E-state index contributed by atoms with van der Waals surface area (Å²) in [5.74, 6) is 0.906. The van der Waals surface area contributed by atoms with Crippen molar-refractivity contribution >= 4 is 28.8 Å². The molecule has 1 heterocycles. The van der Waals surface area contributed by atoms with Gasteiger partial charge in [-0.25, -0.2) is 0 Å². The number of rotatable bonds is 3. The predicted molar refractivity (Wildman–Crippen MR) is 89.8 cm³/mol. The molecule has 0 aliphatic carbocycles. The summed E-state index contributed by atoms with van der Waals surface area (Å²) in [6.07, 6.45) is 0. The van der Waals surface area contributed by atoms with Crippen LogP contribution in [0.15, 0.2) is 18.2 Å². The molecule has 1 amide bonds. The third kappa shape index (κ3) is 3.86. The lowest BCUT2D eigenvalue weighted by atomic mass is 10.2. The van der Waals surface area contributed by atoms with E-state index in [1.807, 2.05) is 4.90 Å². The Morgan fingerprint density at radius 3 is 2.45 bits per heavy atom. The van der Waals surface area contributed by atoms with Crippen LogP contribution in [0.3, 0.4) is 0 Å². The number of anilines is 1. The number of likely N-dealkylation sites (N-methyl/N-ethyl adjacent to an activating group) is 1. The smallest absolute Gasteiger partial charge is 0.283 e. The van der Waals surface area contributed by atoms with Gasteiger partial charge in [-0.1, -0.05) is 12.2 Å². The molecule has 22 heavy (non-hydrogen) atoms. The van der Waals surface area contributed by atoms with E-state index in [4.69, 9.17) is 21.7 Å². The van der Waals surface area contributed by atoms with Crippen molar-refractivity contribution in [2.75, 3.05) is 52.8 Å². The number of benzene rings is 1. The molecule has 0 bridgehead atoms. The second-order valence-corrected chi connectivity index (χ2v) is 5.50. The molecular weight excluding hydrogens is 302 g/mol. The van der Waals surface area contributed by atoms with Crippen LogP contribution in [0, 0.1) is 0 Å². The molecule has 0 unspecified atom stereocenters. The summed E-state index contributed by atoms with van der Waals surface area (Å²) >= 11 is 5.30. The van der Waals surface area contributed by atoms with Crippen LogP contribution in [-0.4, -0.2) is 68.1 Å². The van der Waals surface area contributed by atoms with E-state index in [0.717, 1.165) is 26.2 Å². The van der Waals surface area contributed by atoms with Gasteiger partial charge in [-0.15, -0.1) is 0 Å². The van der Waals surface area contributed by atoms with Gasteiger partial charge in [0.2, 0.25) is 0 Å². The number of hydrogen-bond donors (Lipinski definition) is 1. The van der Waals surface area contributed by atoms with Gasteiger partial charge in [-0.05, 0) is 19.2 Å². The summed E-state index contributed by atoms with van der Waals surface area (Å²) in [6, 6.07) is 5.23. The van der Waals surface area contributed by atoms with Crippen LogP contribution in [0.2, 0.25) is 0 Å². The summed E-state index contributed by atoms with van der Waals surface area (Å²) < 4.78 is 10.4. The molecule has 6 nitrogen and oxygen atoms in total. The van der Waals surface area contributed by atoms with Crippen molar-refractivity contribution in [2.24, 2.45) is 0 Å². The van der Waals surface area contributed by atoms with Gasteiger partial charge in [0.05, 0.1) is 19.9 Å². The first-order chi connectivity index (χ1) is 10.5. The van der Waals surface area contributed by atoms with Crippen LogP contribution in [0.5, 0.6) is 11.5 Å². The highest BCUT2D eigenvalue weighted by Crippen LogP contribution is 2.28. The van der Waals surface area contributed by atoms with Gasteiger partial charge in [0.1, 0.15) is 11.5 Å². The van der Waals surface area contributed by atoms with E-state index in [0.29, 0.717) is 22.2 Å². The Hall–Kier alpha value is -1.86. The number of carbonyl (C=O) groups excluding carboxylic acids is 1. The van der Waals surface area contributed by atoms with Gasteiger partial charge in [-0.2, -0.15) is 0 Å². The lowest BCUT2D eigenvalue weighted by Crippen LogP contribution is -2.49. The quantitative estimate of drug-likeness (QED) is 0.844. The second kappa shape index (κ2) is 7.42. The minimum Gasteiger partial charge on any atom is -0.497 e. The van der Waals surface area contributed by atoms with Gasteiger partial charge >= 0.3 is 0 Å². The van der Waals surface area contributed by atoms with Gasteiger partial charge in [-0.3, -0.25) is 4.79 Å². The number of ether oxygens (including phenoxy) is 2. The van der Waals surface area contributed by atoms with Gasteiger partial charge in [0, 0.05) is 32.2 Å². The number of piperazine rings is 1. The number of nitrogens with zero attached hydrogens (tertiary/aromatic N) is 2. The summed E-state index contributed by atoms with van der Waals surface area (Å²) in [6.45, 7) is 3.32. The lowest BCUT2D eigenvalue weighted by Gasteiger charge is -2.33. The third-order valence-corrected chi connectivity index (χ3v) is 4.08. The van der Waals surface area contributed by atoms with Crippen LogP contribution in [-0.2, 0) is 4.79 Å². The first-order valence-corrected chi connectivity index (χ1v) is 7.47. The Kier molecular flexibility index (Phi) is 5.57. The van der Waals surface area contributed by atoms with Gasteiger partial charge < -0.3 is 24.6 Å². The molecular formula is C15H21N3O3S. The largest absolute Gasteiger partial charge is 0.497 e. The molecule has 0 atom stereocenters. The zero-order chi connectivity index (χ0) is 16.1. The van der Waals surface area contributed by atoms with E-state index in [1.165, 1.54) is 0 Å². The average Bonchev–Trinajstić information content (AvgIpc) is 2.54. The molecule has 0 spiro atoms. The van der Waals surface area contributed by atoms with Gasteiger partial charge in [0.15, 0.2) is 4.99 Å². The molecule has 2 rings (SSSR count). The van der Waals surface area contributed by atoms with Crippen LogP contribution in [0.4, 0.5) is 5.69 Å². The molecule has 1 N–H and O–H groups in total. The lowest BCUT2D eigenvalue weighted by molar-refractivity contribution is -0.110. The Labute approximate surface area is 136 Å². The standard InChI is InChI=1S/C15H21N3O3S/c1-17-6-8-18(9-7-17)15(22)14(19)16-12-10-11(20-2)4-5-13(12)21-3/h4-5,10H,6-9H2,1-3H3,(H,16,19). The highest BCUT2D eigenvalue weighted by Gasteiger charge is 2.22.